The van der Waals surface area contributed by atoms with E-state index >= 15 is 0 Å². The molecule has 0 aromatic heterocycles. The molecule has 1 rings (SSSR count). The fourth-order valence-electron chi connectivity index (χ4n) is 0.945. The van der Waals surface area contributed by atoms with Crippen LogP contribution in [-0.4, -0.2) is 23.8 Å². The standard InChI is InChI=1S/C9H13NO.ClH/c1-10(8-11)7-9-5-3-2-4-6-9;/h2-6,11H,7-8H2,1H3;1H. The van der Waals surface area contributed by atoms with E-state index < -0.39 is 0 Å². The quantitative estimate of drug-likeness (QED) is 0.725. The lowest BCUT2D eigenvalue weighted by molar-refractivity contribution is 0.127. The van der Waals surface area contributed by atoms with Gasteiger partial charge in [-0.05, 0) is 12.6 Å². The second-order valence-corrected chi connectivity index (χ2v) is 2.64. The van der Waals surface area contributed by atoms with Crippen LogP contribution in [0.25, 0.3) is 0 Å². The molecule has 0 saturated heterocycles. The van der Waals surface area contributed by atoms with E-state index in [0.717, 1.165) is 6.54 Å². The molecule has 68 valence electrons. The maximum atomic E-state index is 8.72. The van der Waals surface area contributed by atoms with E-state index in [4.69, 9.17) is 5.11 Å². The average Bonchev–Trinajstić information content (AvgIpc) is 2.06. The van der Waals surface area contributed by atoms with Gasteiger partial charge in [-0.15, -0.1) is 12.4 Å². The molecule has 12 heavy (non-hydrogen) atoms. The molecule has 0 saturated carbocycles. The van der Waals surface area contributed by atoms with Gasteiger partial charge in [0.2, 0.25) is 0 Å². The molecule has 0 bridgehead atoms. The van der Waals surface area contributed by atoms with Crippen molar-refractivity contribution in [3.05, 3.63) is 35.9 Å². The number of aliphatic hydroxyl groups is 1. The molecule has 0 atom stereocenters. The van der Waals surface area contributed by atoms with Crippen molar-refractivity contribution in [2.24, 2.45) is 0 Å². The summed E-state index contributed by atoms with van der Waals surface area (Å²) in [5, 5.41) is 8.72. The third kappa shape index (κ3) is 3.72. The van der Waals surface area contributed by atoms with Gasteiger partial charge in [-0.25, -0.2) is 0 Å². The highest BCUT2D eigenvalue weighted by atomic mass is 35.5. The van der Waals surface area contributed by atoms with E-state index in [0.29, 0.717) is 0 Å². The lowest BCUT2D eigenvalue weighted by atomic mass is 10.2. The van der Waals surface area contributed by atoms with Crippen LogP contribution in [-0.2, 0) is 6.54 Å². The average molecular weight is 188 g/mol. The van der Waals surface area contributed by atoms with Gasteiger partial charge in [0.1, 0.15) is 0 Å². The van der Waals surface area contributed by atoms with Gasteiger partial charge in [-0.2, -0.15) is 0 Å². The summed E-state index contributed by atoms with van der Waals surface area (Å²) in [6.45, 7) is 0.909. The highest BCUT2D eigenvalue weighted by Gasteiger charge is 1.95. The zero-order chi connectivity index (χ0) is 8.10. The van der Waals surface area contributed by atoms with Crippen LogP contribution in [0, 0.1) is 0 Å². The van der Waals surface area contributed by atoms with E-state index in [-0.39, 0.29) is 19.1 Å². The summed E-state index contributed by atoms with van der Waals surface area (Å²) in [6.07, 6.45) is 0. The highest BCUT2D eigenvalue weighted by molar-refractivity contribution is 5.85. The largest absolute Gasteiger partial charge is 0.381 e. The van der Waals surface area contributed by atoms with Crippen molar-refractivity contribution in [1.82, 2.24) is 4.90 Å². The summed E-state index contributed by atoms with van der Waals surface area (Å²) in [6, 6.07) is 10.1. The van der Waals surface area contributed by atoms with Crippen molar-refractivity contribution in [3.63, 3.8) is 0 Å². The summed E-state index contributed by atoms with van der Waals surface area (Å²) in [4.78, 5) is 1.84. The number of hydrogen-bond donors (Lipinski definition) is 1. The predicted octanol–water partition coefficient (Wildman–Crippen LogP) is 1.49. The molecule has 0 aliphatic carbocycles. The molecule has 0 fully saturated rings. The number of aliphatic hydroxyl groups excluding tert-OH is 1. The summed E-state index contributed by atoms with van der Waals surface area (Å²) in [5.41, 5.74) is 1.23. The Bertz CT molecular complexity index is 203. The van der Waals surface area contributed by atoms with Crippen molar-refractivity contribution < 1.29 is 5.11 Å². The van der Waals surface area contributed by atoms with Crippen molar-refractivity contribution in [2.45, 2.75) is 6.54 Å². The van der Waals surface area contributed by atoms with E-state index in [9.17, 15) is 0 Å². The van der Waals surface area contributed by atoms with Gasteiger partial charge in [0.25, 0.3) is 0 Å². The molecular formula is C9H14ClNO. The lowest BCUT2D eigenvalue weighted by Gasteiger charge is -2.11. The van der Waals surface area contributed by atoms with Crippen molar-refractivity contribution >= 4 is 12.4 Å². The minimum absolute atomic E-state index is 0. The van der Waals surface area contributed by atoms with E-state index in [1.807, 2.05) is 42.3 Å². The fraction of sp³-hybridized carbons (Fsp3) is 0.333. The third-order valence-electron chi connectivity index (χ3n) is 1.54. The second kappa shape index (κ2) is 6.00. The molecule has 0 amide bonds. The first-order chi connectivity index (χ1) is 5.33. The smallest absolute Gasteiger partial charge is 0.0956 e. The first kappa shape index (κ1) is 11.4. The van der Waals surface area contributed by atoms with Crippen LogP contribution in [0.4, 0.5) is 0 Å². The summed E-state index contributed by atoms with van der Waals surface area (Å²) < 4.78 is 0. The summed E-state index contributed by atoms with van der Waals surface area (Å²) >= 11 is 0. The second-order valence-electron chi connectivity index (χ2n) is 2.64. The molecule has 0 radical (unpaired) electrons. The normalized spacial score (nSPS) is 9.58. The van der Waals surface area contributed by atoms with E-state index in [2.05, 4.69) is 0 Å². The number of halogens is 1. The van der Waals surface area contributed by atoms with Crippen molar-refractivity contribution in [3.8, 4) is 0 Å². The van der Waals surface area contributed by atoms with Crippen LogP contribution >= 0.6 is 12.4 Å². The van der Waals surface area contributed by atoms with E-state index in [1.165, 1.54) is 5.56 Å². The van der Waals surface area contributed by atoms with Gasteiger partial charge in [0, 0.05) is 6.54 Å². The highest BCUT2D eigenvalue weighted by Crippen LogP contribution is 2.00. The predicted molar refractivity (Wildman–Crippen MR) is 52.2 cm³/mol. The Hall–Kier alpha value is -0.570. The molecule has 0 spiro atoms. The van der Waals surface area contributed by atoms with Gasteiger partial charge >= 0.3 is 0 Å². The molecular weight excluding hydrogens is 174 g/mol. The maximum absolute atomic E-state index is 8.72. The zero-order valence-corrected chi connectivity index (χ0v) is 7.92. The Balaban J connectivity index is 0.00000121. The molecule has 0 aliphatic rings. The van der Waals surface area contributed by atoms with Crippen LogP contribution in [0.3, 0.4) is 0 Å². The van der Waals surface area contributed by atoms with Gasteiger partial charge in [-0.1, -0.05) is 30.3 Å². The van der Waals surface area contributed by atoms with Crippen LogP contribution in [0.5, 0.6) is 0 Å². The lowest BCUT2D eigenvalue weighted by Crippen LogP contribution is -2.18. The number of rotatable bonds is 3. The Kier molecular flexibility index (Phi) is 5.72. The first-order valence-electron chi connectivity index (χ1n) is 3.66. The molecule has 2 nitrogen and oxygen atoms in total. The number of nitrogens with zero attached hydrogens (tertiary/aromatic N) is 1. The zero-order valence-electron chi connectivity index (χ0n) is 7.10. The van der Waals surface area contributed by atoms with Crippen LogP contribution < -0.4 is 0 Å². The Labute approximate surface area is 79.2 Å². The van der Waals surface area contributed by atoms with Gasteiger partial charge in [-0.3, -0.25) is 4.90 Å². The SMILES string of the molecule is CN(CO)Cc1ccccc1.Cl. The van der Waals surface area contributed by atoms with Crippen LogP contribution in [0.1, 0.15) is 5.56 Å². The summed E-state index contributed by atoms with van der Waals surface area (Å²) in [7, 11) is 1.88. The maximum Gasteiger partial charge on any atom is 0.0956 e. The van der Waals surface area contributed by atoms with Gasteiger partial charge in [0.15, 0.2) is 0 Å². The molecule has 1 aromatic carbocycles. The number of benzene rings is 1. The topological polar surface area (TPSA) is 23.5 Å². The Morgan fingerprint density at radius 3 is 2.33 bits per heavy atom. The fourth-order valence-corrected chi connectivity index (χ4v) is 0.945. The van der Waals surface area contributed by atoms with Gasteiger partial charge in [0.05, 0.1) is 6.73 Å². The van der Waals surface area contributed by atoms with Crippen LogP contribution in [0.15, 0.2) is 30.3 Å². The van der Waals surface area contributed by atoms with Gasteiger partial charge < -0.3 is 5.11 Å². The molecule has 1 N–H and O–H groups in total. The van der Waals surface area contributed by atoms with Crippen molar-refractivity contribution in [2.75, 3.05) is 13.8 Å². The summed E-state index contributed by atoms with van der Waals surface area (Å²) in [5.74, 6) is 0. The Morgan fingerprint density at radius 1 is 1.25 bits per heavy atom. The minimum atomic E-state index is 0. The number of hydrogen-bond acceptors (Lipinski definition) is 2. The first-order valence-corrected chi connectivity index (χ1v) is 3.66. The third-order valence-corrected chi connectivity index (χ3v) is 1.54. The molecule has 0 unspecified atom stereocenters. The minimum Gasteiger partial charge on any atom is -0.381 e. The molecule has 3 heteroatoms. The molecule has 0 heterocycles. The monoisotopic (exact) mass is 187 g/mol. The van der Waals surface area contributed by atoms with Crippen LogP contribution in [0.2, 0.25) is 0 Å². The van der Waals surface area contributed by atoms with E-state index in [1.54, 1.807) is 0 Å². The van der Waals surface area contributed by atoms with Crippen molar-refractivity contribution in [1.29, 1.82) is 0 Å². The Morgan fingerprint density at radius 2 is 1.83 bits per heavy atom. The molecule has 1 aromatic rings. The molecule has 0 aliphatic heterocycles.